The van der Waals surface area contributed by atoms with Crippen LogP contribution in [0.2, 0.25) is 0 Å². The molecule has 0 bridgehead atoms. The molecule has 29 heavy (non-hydrogen) atoms. The summed E-state index contributed by atoms with van der Waals surface area (Å²) in [6, 6.07) is 20.5. The molecule has 0 saturated heterocycles. The Morgan fingerprint density at radius 3 is 2.52 bits per heavy atom. The van der Waals surface area contributed by atoms with Crippen molar-refractivity contribution in [1.29, 1.82) is 5.26 Å². The summed E-state index contributed by atoms with van der Waals surface area (Å²) in [6.07, 6.45) is 1.44. The second-order valence-corrected chi connectivity index (χ2v) is 6.91. The van der Waals surface area contributed by atoms with Crippen LogP contribution in [0, 0.1) is 17.1 Å². The van der Waals surface area contributed by atoms with Crippen molar-refractivity contribution in [2.45, 2.75) is 6.61 Å². The van der Waals surface area contributed by atoms with E-state index in [1.165, 1.54) is 18.3 Å². The maximum absolute atomic E-state index is 13.8. The van der Waals surface area contributed by atoms with Crippen molar-refractivity contribution in [3.63, 3.8) is 0 Å². The Balaban J connectivity index is 1.54. The molecule has 0 aliphatic carbocycles. The van der Waals surface area contributed by atoms with Crippen molar-refractivity contribution >= 4 is 28.1 Å². The molecule has 3 aromatic rings. The number of nitrogens with one attached hydrogen (secondary N) is 1. The van der Waals surface area contributed by atoms with Crippen molar-refractivity contribution < 1.29 is 13.9 Å². The van der Waals surface area contributed by atoms with Gasteiger partial charge in [-0.15, -0.1) is 0 Å². The zero-order valence-corrected chi connectivity index (χ0v) is 16.7. The largest absolute Gasteiger partial charge is 0.489 e. The number of carbonyl (C=O) groups excluding carboxylic acids is 1. The second kappa shape index (κ2) is 9.62. The minimum atomic E-state index is -0.774. The lowest BCUT2D eigenvalue weighted by Gasteiger charge is -2.06. The number of rotatable bonds is 6. The van der Waals surface area contributed by atoms with Crippen LogP contribution in [0.3, 0.4) is 0 Å². The van der Waals surface area contributed by atoms with Gasteiger partial charge in [0, 0.05) is 4.47 Å². The minimum Gasteiger partial charge on any atom is -0.489 e. The normalized spacial score (nSPS) is 10.5. The van der Waals surface area contributed by atoms with Crippen molar-refractivity contribution in [2.75, 3.05) is 0 Å². The van der Waals surface area contributed by atoms with Crippen LogP contribution in [-0.4, -0.2) is 12.1 Å². The number of hydrazone groups is 1. The van der Waals surface area contributed by atoms with Crippen LogP contribution >= 0.6 is 15.9 Å². The standard InChI is InChI=1S/C22H15BrFN3O2/c23-18-6-1-16(2-7-18)14-29-19-8-3-15(4-9-19)13-26-27-22(28)20-10-5-17(12-25)11-21(20)24/h1-11,13H,14H2,(H,27,28)/b26-13-. The fourth-order valence-corrected chi connectivity index (χ4v) is 2.66. The quantitative estimate of drug-likeness (QED) is 0.431. The molecule has 0 spiro atoms. The molecule has 0 radical (unpaired) electrons. The lowest BCUT2D eigenvalue weighted by Crippen LogP contribution is -2.19. The molecule has 0 fully saturated rings. The average molecular weight is 452 g/mol. The van der Waals surface area contributed by atoms with Crippen LogP contribution < -0.4 is 10.2 Å². The van der Waals surface area contributed by atoms with Gasteiger partial charge in [-0.2, -0.15) is 10.4 Å². The molecule has 1 amide bonds. The fourth-order valence-electron chi connectivity index (χ4n) is 2.39. The summed E-state index contributed by atoms with van der Waals surface area (Å²) in [7, 11) is 0. The number of hydrogen-bond donors (Lipinski definition) is 1. The van der Waals surface area contributed by atoms with Gasteiger partial charge in [-0.1, -0.05) is 28.1 Å². The molecule has 0 heterocycles. The molecule has 1 N–H and O–H groups in total. The highest BCUT2D eigenvalue weighted by Gasteiger charge is 2.11. The zero-order chi connectivity index (χ0) is 20.6. The van der Waals surface area contributed by atoms with E-state index in [1.54, 1.807) is 24.3 Å². The van der Waals surface area contributed by atoms with E-state index in [0.29, 0.717) is 12.4 Å². The van der Waals surface area contributed by atoms with Gasteiger partial charge in [-0.25, -0.2) is 9.82 Å². The van der Waals surface area contributed by atoms with Crippen LogP contribution in [-0.2, 0) is 6.61 Å². The van der Waals surface area contributed by atoms with E-state index in [4.69, 9.17) is 10.00 Å². The van der Waals surface area contributed by atoms with Crippen LogP contribution in [0.15, 0.2) is 76.3 Å². The highest BCUT2D eigenvalue weighted by Crippen LogP contribution is 2.15. The lowest BCUT2D eigenvalue weighted by molar-refractivity contribution is 0.0951. The lowest BCUT2D eigenvalue weighted by atomic mass is 10.1. The van der Waals surface area contributed by atoms with Crippen LogP contribution in [0.4, 0.5) is 4.39 Å². The molecule has 7 heteroatoms. The van der Waals surface area contributed by atoms with E-state index in [-0.39, 0.29) is 11.1 Å². The van der Waals surface area contributed by atoms with Gasteiger partial charge < -0.3 is 4.74 Å². The van der Waals surface area contributed by atoms with Gasteiger partial charge in [0.2, 0.25) is 0 Å². The van der Waals surface area contributed by atoms with Gasteiger partial charge in [0.25, 0.3) is 5.91 Å². The Morgan fingerprint density at radius 2 is 1.86 bits per heavy atom. The Morgan fingerprint density at radius 1 is 1.14 bits per heavy atom. The third-order valence-electron chi connectivity index (χ3n) is 3.92. The van der Waals surface area contributed by atoms with E-state index in [0.717, 1.165) is 21.7 Å². The number of carbonyl (C=O) groups is 1. The molecular formula is C22H15BrFN3O2. The number of ether oxygens (including phenoxy) is 1. The van der Waals surface area contributed by atoms with Crippen molar-refractivity contribution in [1.82, 2.24) is 5.43 Å². The molecular weight excluding hydrogens is 437 g/mol. The summed E-state index contributed by atoms with van der Waals surface area (Å²) in [6.45, 7) is 0.451. The SMILES string of the molecule is N#Cc1ccc(C(=O)N/N=C\c2ccc(OCc3ccc(Br)cc3)cc2)c(F)c1. The number of halogens is 2. The Bertz CT molecular complexity index is 1070. The molecule has 3 aromatic carbocycles. The first-order valence-electron chi connectivity index (χ1n) is 8.55. The molecule has 0 unspecified atom stereocenters. The van der Waals surface area contributed by atoms with E-state index in [9.17, 15) is 9.18 Å². The minimum absolute atomic E-state index is 0.144. The molecule has 3 rings (SSSR count). The van der Waals surface area contributed by atoms with E-state index in [2.05, 4.69) is 26.5 Å². The predicted molar refractivity (Wildman–Crippen MR) is 111 cm³/mol. The van der Waals surface area contributed by atoms with Gasteiger partial charge in [-0.05, 0) is 65.7 Å². The van der Waals surface area contributed by atoms with Gasteiger partial charge in [-0.3, -0.25) is 4.79 Å². The fraction of sp³-hybridized carbons (Fsp3) is 0.0455. The predicted octanol–water partition coefficient (Wildman–Crippen LogP) is 4.80. The molecule has 0 atom stereocenters. The molecule has 5 nitrogen and oxygen atoms in total. The van der Waals surface area contributed by atoms with Crippen LogP contribution in [0.5, 0.6) is 5.75 Å². The number of benzene rings is 3. The third-order valence-corrected chi connectivity index (χ3v) is 4.45. The number of hydrogen-bond acceptors (Lipinski definition) is 4. The molecule has 0 aliphatic heterocycles. The monoisotopic (exact) mass is 451 g/mol. The van der Waals surface area contributed by atoms with Crippen LogP contribution in [0.25, 0.3) is 0 Å². The van der Waals surface area contributed by atoms with Gasteiger partial charge in [0.05, 0.1) is 23.4 Å². The summed E-state index contributed by atoms with van der Waals surface area (Å²) in [5, 5.41) is 12.6. The van der Waals surface area contributed by atoms with Gasteiger partial charge >= 0.3 is 0 Å². The molecule has 0 saturated carbocycles. The maximum atomic E-state index is 13.8. The Kier molecular flexibility index (Phi) is 6.72. The van der Waals surface area contributed by atoms with E-state index >= 15 is 0 Å². The summed E-state index contributed by atoms with van der Waals surface area (Å²) in [5.74, 6) is -0.768. The summed E-state index contributed by atoms with van der Waals surface area (Å²) >= 11 is 3.39. The second-order valence-electron chi connectivity index (χ2n) is 5.99. The first-order valence-corrected chi connectivity index (χ1v) is 9.35. The van der Waals surface area contributed by atoms with Crippen molar-refractivity contribution in [3.8, 4) is 11.8 Å². The number of nitriles is 1. The molecule has 0 aromatic heterocycles. The highest BCUT2D eigenvalue weighted by atomic mass is 79.9. The summed E-state index contributed by atoms with van der Waals surface area (Å²) < 4.78 is 20.6. The summed E-state index contributed by atoms with van der Waals surface area (Å²) in [5.41, 5.74) is 4.01. The van der Waals surface area contributed by atoms with Gasteiger partial charge in [0.15, 0.2) is 0 Å². The Labute approximate surface area is 175 Å². The first-order chi connectivity index (χ1) is 14.0. The zero-order valence-electron chi connectivity index (χ0n) is 15.1. The topological polar surface area (TPSA) is 74.5 Å². The highest BCUT2D eigenvalue weighted by molar-refractivity contribution is 9.10. The number of amides is 1. The number of nitrogens with zero attached hydrogens (tertiary/aromatic N) is 2. The maximum Gasteiger partial charge on any atom is 0.274 e. The molecule has 144 valence electrons. The van der Waals surface area contributed by atoms with Gasteiger partial charge in [0.1, 0.15) is 18.2 Å². The van der Waals surface area contributed by atoms with E-state index < -0.39 is 11.7 Å². The summed E-state index contributed by atoms with van der Waals surface area (Å²) in [4.78, 5) is 12.0. The van der Waals surface area contributed by atoms with E-state index in [1.807, 2.05) is 30.3 Å². The molecule has 0 aliphatic rings. The first kappa shape index (κ1) is 20.2. The Hall–Kier alpha value is -3.50. The third kappa shape index (κ3) is 5.74. The van der Waals surface area contributed by atoms with Crippen LogP contribution in [0.1, 0.15) is 27.0 Å². The van der Waals surface area contributed by atoms with Crippen molar-refractivity contribution in [3.05, 3.63) is 99.3 Å². The average Bonchev–Trinajstić information content (AvgIpc) is 2.74. The van der Waals surface area contributed by atoms with Crippen molar-refractivity contribution in [2.24, 2.45) is 5.10 Å². The smallest absolute Gasteiger partial charge is 0.274 e.